The Hall–Kier alpha value is -2.37. The van der Waals surface area contributed by atoms with Gasteiger partial charge in [-0.2, -0.15) is 0 Å². The highest BCUT2D eigenvalue weighted by Gasteiger charge is 2.22. The summed E-state index contributed by atoms with van der Waals surface area (Å²) in [5, 5.41) is 10.2. The topological polar surface area (TPSA) is 71.1 Å². The van der Waals surface area contributed by atoms with E-state index in [1.165, 1.54) is 31.2 Å². The third kappa shape index (κ3) is 6.81. The zero-order valence-electron chi connectivity index (χ0n) is 18.8. The number of nitrogens with zero attached hydrogens (tertiary/aromatic N) is 2. The first-order chi connectivity index (χ1) is 15.2. The number of methoxy groups -OCH3 is 1. The van der Waals surface area contributed by atoms with Gasteiger partial charge in [-0.25, -0.2) is 0 Å². The van der Waals surface area contributed by atoms with Gasteiger partial charge in [0.05, 0.1) is 13.7 Å². The summed E-state index contributed by atoms with van der Waals surface area (Å²) in [6.07, 6.45) is 6.72. The molecule has 5 heteroatoms. The van der Waals surface area contributed by atoms with Crippen molar-refractivity contribution in [3.8, 4) is 11.5 Å². The highest BCUT2D eigenvalue weighted by molar-refractivity contribution is 6.02. The standard InChI is InChI=1S/C26H37N3O2/c1-31-26-13-7-5-9-22(26)21-14-19-29(20-15-21)18-8-2-3-11-24(28-17-16-27)23-10-4-6-12-25(23)30/h4-7,9-10,12-13,21,30H,2-3,8,11,14-20,27H2,1H3. The second-order valence-corrected chi connectivity index (χ2v) is 8.30. The van der Waals surface area contributed by atoms with E-state index in [-0.39, 0.29) is 0 Å². The summed E-state index contributed by atoms with van der Waals surface area (Å²) in [7, 11) is 1.76. The summed E-state index contributed by atoms with van der Waals surface area (Å²) in [5.41, 5.74) is 8.81. The van der Waals surface area contributed by atoms with E-state index in [1.807, 2.05) is 24.3 Å². The number of ether oxygens (including phenoxy) is 1. The Morgan fingerprint density at radius 1 is 1.06 bits per heavy atom. The Kier molecular flexibility index (Phi) is 9.38. The molecule has 168 valence electrons. The maximum absolute atomic E-state index is 10.2. The van der Waals surface area contributed by atoms with Gasteiger partial charge in [0, 0.05) is 17.8 Å². The van der Waals surface area contributed by atoms with Gasteiger partial charge in [0.25, 0.3) is 0 Å². The van der Waals surface area contributed by atoms with Crippen LogP contribution in [-0.2, 0) is 0 Å². The molecule has 3 rings (SSSR count). The van der Waals surface area contributed by atoms with Gasteiger partial charge in [0.1, 0.15) is 11.5 Å². The number of aromatic hydroxyl groups is 1. The maximum Gasteiger partial charge on any atom is 0.124 e. The fourth-order valence-electron chi connectivity index (χ4n) is 4.49. The van der Waals surface area contributed by atoms with Crippen LogP contribution in [0.4, 0.5) is 0 Å². The van der Waals surface area contributed by atoms with E-state index in [1.54, 1.807) is 13.2 Å². The molecule has 1 fully saturated rings. The zero-order chi connectivity index (χ0) is 21.9. The minimum Gasteiger partial charge on any atom is -0.507 e. The fourth-order valence-corrected chi connectivity index (χ4v) is 4.49. The van der Waals surface area contributed by atoms with Crippen molar-refractivity contribution in [1.82, 2.24) is 4.90 Å². The summed E-state index contributed by atoms with van der Waals surface area (Å²) >= 11 is 0. The van der Waals surface area contributed by atoms with Crippen LogP contribution in [0.5, 0.6) is 11.5 Å². The van der Waals surface area contributed by atoms with Crippen molar-refractivity contribution in [2.75, 3.05) is 39.8 Å². The lowest BCUT2D eigenvalue weighted by atomic mass is 9.88. The van der Waals surface area contributed by atoms with Gasteiger partial charge in [-0.15, -0.1) is 0 Å². The predicted octanol–water partition coefficient (Wildman–Crippen LogP) is 4.59. The first-order valence-electron chi connectivity index (χ1n) is 11.6. The number of nitrogens with two attached hydrogens (primary N) is 1. The van der Waals surface area contributed by atoms with E-state index >= 15 is 0 Å². The first kappa shape index (κ1) is 23.3. The number of hydrogen-bond donors (Lipinski definition) is 2. The van der Waals surface area contributed by atoms with E-state index in [9.17, 15) is 5.11 Å². The molecule has 31 heavy (non-hydrogen) atoms. The molecular formula is C26H37N3O2. The number of para-hydroxylation sites is 2. The van der Waals surface area contributed by atoms with Crippen molar-refractivity contribution in [1.29, 1.82) is 0 Å². The Morgan fingerprint density at radius 3 is 2.55 bits per heavy atom. The van der Waals surface area contributed by atoms with Gasteiger partial charge in [0.2, 0.25) is 0 Å². The molecule has 0 saturated carbocycles. The van der Waals surface area contributed by atoms with Gasteiger partial charge >= 0.3 is 0 Å². The summed E-state index contributed by atoms with van der Waals surface area (Å²) < 4.78 is 5.55. The molecule has 0 aromatic heterocycles. The van der Waals surface area contributed by atoms with Crippen molar-refractivity contribution in [2.24, 2.45) is 10.7 Å². The Morgan fingerprint density at radius 2 is 1.81 bits per heavy atom. The number of aliphatic imine (C=N–C) groups is 1. The third-order valence-corrected chi connectivity index (χ3v) is 6.20. The van der Waals surface area contributed by atoms with Crippen LogP contribution in [0.3, 0.4) is 0 Å². The third-order valence-electron chi connectivity index (χ3n) is 6.20. The van der Waals surface area contributed by atoms with Gasteiger partial charge in [-0.1, -0.05) is 36.8 Å². The van der Waals surface area contributed by atoms with Crippen LogP contribution in [-0.4, -0.2) is 55.6 Å². The van der Waals surface area contributed by atoms with Crippen LogP contribution >= 0.6 is 0 Å². The van der Waals surface area contributed by atoms with Gasteiger partial charge in [-0.05, 0) is 81.4 Å². The molecule has 5 nitrogen and oxygen atoms in total. The predicted molar refractivity (Wildman–Crippen MR) is 128 cm³/mol. The number of phenols is 1. The van der Waals surface area contributed by atoms with Crippen LogP contribution in [0.1, 0.15) is 55.6 Å². The summed E-state index contributed by atoms with van der Waals surface area (Å²) in [6.45, 7) is 4.60. The van der Waals surface area contributed by atoms with Crippen LogP contribution < -0.4 is 10.5 Å². The first-order valence-corrected chi connectivity index (χ1v) is 11.6. The lowest BCUT2D eigenvalue weighted by molar-refractivity contribution is 0.207. The molecule has 0 spiro atoms. The highest BCUT2D eigenvalue weighted by atomic mass is 16.5. The van der Waals surface area contributed by atoms with E-state index in [4.69, 9.17) is 10.5 Å². The summed E-state index contributed by atoms with van der Waals surface area (Å²) in [6, 6.07) is 15.9. The quantitative estimate of drug-likeness (QED) is 0.410. The Balaban J connectivity index is 1.39. The van der Waals surface area contributed by atoms with Crippen LogP contribution in [0, 0.1) is 0 Å². The molecular weight excluding hydrogens is 386 g/mol. The normalized spacial score (nSPS) is 15.9. The van der Waals surface area contributed by atoms with E-state index in [0.29, 0.717) is 24.8 Å². The van der Waals surface area contributed by atoms with Crippen LogP contribution in [0.15, 0.2) is 53.5 Å². The molecule has 1 saturated heterocycles. The molecule has 1 aliphatic heterocycles. The molecule has 0 aliphatic carbocycles. The molecule has 0 radical (unpaired) electrons. The summed E-state index contributed by atoms with van der Waals surface area (Å²) in [4.78, 5) is 7.22. The fraction of sp³-hybridized carbons (Fsp3) is 0.500. The maximum atomic E-state index is 10.2. The molecule has 0 bridgehead atoms. The second-order valence-electron chi connectivity index (χ2n) is 8.30. The number of piperidine rings is 1. The van der Waals surface area contributed by atoms with Crippen molar-refractivity contribution < 1.29 is 9.84 Å². The average Bonchev–Trinajstić information content (AvgIpc) is 2.82. The van der Waals surface area contributed by atoms with Crippen molar-refractivity contribution in [3.63, 3.8) is 0 Å². The molecule has 1 aliphatic rings. The summed E-state index contributed by atoms with van der Waals surface area (Å²) in [5.74, 6) is 1.93. The number of likely N-dealkylation sites (tertiary alicyclic amines) is 1. The molecule has 3 N–H and O–H groups in total. The smallest absolute Gasteiger partial charge is 0.124 e. The number of phenolic OH excluding ortho intramolecular Hbond substituents is 1. The number of benzene rings is 2. The van der Waals surface area contributed by atoms with Crippen LogP contribution in [0.25, 0.3) is 0 Å². The average molecular weight is 424 g/mol. The highest BCUT2D eigenvalue weighted by Crippen LogP contribution is 2.34. The SMILES string of the molecule is COc1ccccc1C1CCN(CCCCCC(=NCCN)c2ccccc2O)CC1. The van der Waals surface area contributed by atoms with E-state index in [2.05, 4.69) is 28.1 Å². The molecule has 0 atom stereocenters. The molecule has 2 aromatic carbocycles. The molecule has 0 unspecified atom stereocenters. The second kappa shape index (κ2) is 12.5. The molecule has 1 heterocycles. The lowest BCUT2D eigenvalue weighted by Crippen LogP contribution is -2.33. The Labute approximate surface area is 186 Å². The molecule has 0 amide bonds. The van der Waals surface area contributed by atoms with Gasteiger partial charge in [-0.3, -0.25) is 4.99 Å². The van der Waals surface area contributed by atoms with E-state index in [0.717, 1.165) is 49.5 Å². The molecule has 2 aromatic rings. The monoisotopic (exact) mass is 423 g/mol. The Bertz CT molecular complexity index is 829. The zero-order valence-corrected chi connectivity index (χ0v) is 18.8. The largest absolute Gasteiger partial charge is 0.507 e. The number of hydrogen-bond acceptors (Lipinski definition) is 5. The van der Waals surface area contributed by atoms with Crippen molar-refractivity contribution >= 4 is 5.71 Å². The lowest BCUT2D eigenvalue weighted by Gasteiger charge is -2.32. The number of unbranched alkanes of at least 4 members (excludes halogenated alkanes) is 2. The van der Waals surface area contributed by atoms with E-state index < -0.39 is 0 Å². The minimum atomic E-state index is 0.302. The minimum absolute atomic E-state index is 0.302. The van der Waals surface area contributed by atoms with Crippen LogP contribution in [0.2, 0.25) is 0 Å². The van der Waals surface area contributed by atoms with Crippen molar-refractivity contribution in [3.05, 3.63) is 59.7 Å². The van der Waals surface area contributed by atoms with Gasteiger partial charge < -0.3 is 20.5 Å². The number of rotatable bonds is 11. The van der Waals surface area contributed by atoms with Crippen molar-refractivity contribution in [2.45, 2.75) is 44.4 Å². The van der Waals surface area contributed by atoms with Gasteiger partial charge in [0.15, 0.2) is 0 Å².